The second-order valence-electron chi connectivity index (χ2n) is 8.18. The predicted molar refractivity (Wildman–Crippen MR) is 147 cm³/mol. The van der Waals surface area contributed by atoms with Crippen molar-refractivity contribution < 1.29 is 14.3 Å². The summed E-state index contributed by atoms with van der Waals surface area (Å²) < 4.78 is 5.14. The third-order valence-electron chi connectivity index (χ3n) is 5.78. The van der Waals surface area contributed by atoms with E-state index < -0.39 is 0 Å². The molecule has 36 heavy (non-hydrogen) atoms. The van der Waals surface area contributed by atoms with Gasteiger partial charge in [-0.15, -0.1) is 11.8 Å². The van der Waals surface area contributed by atoms with Crippen LogP contribution in [0.15, 0.2) is 112 Å². The average molecular weight is 513 g/mol. The van der Waals surface area contributed by atoms with Gasteiger partial charge in [0.05, 0.1) is 23.7 Å². The molecule has 2 amide bonds. The van der Waals surface area contributed by atoms with Crippen molar-refractivity contribution in [2.45, 2.75) is 26.9 Å². The lowest BCUT2D eigenvalue weighted by molar-refractivity contribution is -0.117. The standard InChI is InChI=1S/C29H24N2O3S2/c1-19(29(33)31-24-7-3-5-9-26(24)36-27-10-6-4-8-25(27)31)35-23-17-13-21(14-18-23)30-28(32)20-11-15-22(34-2)16-12-20/h3-19H,1-2H3,(H,30,32). The van der Waals surface area contributed by atoms with Gasteiger partial charge in [0, 0.05) is 25.9 Å². The van der Waals surface area contributed by atoms with Gasteiger partial charge < -0.3 is 10.1 Å². The summed E-state index contributed by atoms with van der Waals surface area (Å²) in [5.41, 5.74) is 3.06. The first-order chi connectivity index (χ1) is 17.5. The zero-order chi connectivity index (χ0) is 25.1. The van der Waals surface area contributed by atoms with Crippen LogP contribution in [0.3, 0.4) is 0 Å². The van der Waals surface area contributed by atoms with Crippen molar-refractivity contribution in [2.75, 3.05) is 17.3 Å². The van der Waals surface area contributed by atoms with E-state index in [1.165, 1.54) is 11.8 Å². The molecule has 4 aromatic carbocycles. The van der Waals surface area contributed by atoms with Gasteiger partial charge in [-0.1, -0.05) is 36.0 Å². The Bertz CT molecular complexity index is 1360. The maximum absolute atomic E-state index is 13.7. The van der Waals surface area contributed by atoms with Crippen molar-refractivity contribution in [3.8, 4) is 5.75 Å². The van der Waals surface area contributed by atoms with Crippen molar-refractivity contribution in [2.24, 2.45) is 0 Å². The molecule has 1 aliphatic heterocycles. The molecule has 0 bridgehead atoms. The number of nitrogens with one attached hydrogen (secondary N) is 1. The SMILES string of the molecule is COc1ccc(C(=O)Nc2ccc(SC(C)C(=O)N3c4ccccc4Sc4ccccc43)cc2)cc1. The minimum atomic E-state index is -0.311. The van der Waals surface area contributed by atoms with Crippen LogP contribution in [0.25, 0.3) is 0 Å². The zero-order valence-electron chi connectivity index (χ0n) is 19.8. The van der Waals surface area contributed by atoms with Crippen LogP contribution in [0, 0.1) is 0 Å². The number of amides is 2. The first-order valence-electron chi connectivity index (χ1n) is 11.5. The maximum Gasteiger partial charge on any atom is 0.255 e. The molecule has 1 unspecified atom stereocenters. The van der Waals surface area contributed by atoms with Crippen molar-refractivity contribution in [3.63, 3.8) is 0 Å². The van der Waals surface area contributed by atoms with Gasteiger partial charge in [-0.05, 0) is 79.7 Å². The fraction of sp³-hybridized carbons (Fsp3) is 0.103. The number of methoxy groups -OCH3 is 1. The summed E-state index contributed by atoms with van der Waals surface area (Å²) in [5, 5.41) is 2.60. The van der Waals surface area contributed by atoms with Crippen molar-refractivity contribution in [1.82, 2.24) is 0 Å². The lowest BCUT2D eigenvalue weighted by atomic mass is 10.2. The van der Waals surface area contributed by atoms with Gasteiger partial charge in [-0.3, -0.25) is 14.5 Å². The minimum Gasteiger partial charge on any atom is -0.497 e. The van der Waals surface area contributed by atoms with Crippen molar-refractivity contribution in [3.05, 3.63) is 103 Å². The smallest absolute Gasteiger partial charge is 0.255 e. The van der Waals surface area contributed by atoms with Gasteiger partial charge in [0.2, 0.25) is 5.91 Å². The highest BCUT2D eigenvalue weighted by atomic mass is 32.2. The predicted octanol–water partition coefficient (Wildman–Crippen LogP) is 7.26. The summed E-state index contributed by atoms with van der Waals surface area (Å²) in [5.74, 6) is 0.533. The monoisotopic (exact) mass is 512 g/mol. The number of benzene rings is 4. The Morgan fingerprint density at radius 1 is 0.833 bits per heavy atom. The summed E-state index contributed by atoms with van der Waals surface area (Å²) >= 11 is 3.18. The molecule has 0 aromatic heterocycles. The molecule has 1 heterocycles. The molecule has 0 saturated heterocycles. The molecule has 0 saturated carbocycles. The Kier molecular flexibility index (Phi) is 7.02. The van der Waals surface area contributed by atoms with Gasteiger partial charge in [0.1, 0.15) is 5.75 Å². The Morgan fingerprint density at radius 3 is 2.00 bits per heavy atom. The molecule has 0 spiro atoms. The van der Waals surface area contributed by atoms with E-state index in [9.17, 15) is 9.59 Å². The fourth-order valence-corrected chi connectivity index (χ4v) is 5.91. The largest absolute Gasteiger partial charge is 0.497 e. The van der Waals surface area contributed by atoms with Gasteiger partial charge in [0.25, 0.3) is 5.91 Å². The number of hydrogen-bond donors (Lipinski definition) is 1. The molecule has 0 aliphatic carbocycles. The van der Waals surface area contributed by atoms with E-state index in [2.05, 4.69) is 5.32 Å². The highest BCUT2D eigenvalue weighted by molar-refractivity contribution is 8.00. The number of hydrogen-bond acceptors (Lipinski definition) is 5. The van der Waals surface area contributed by atoms with E-state index >= 15 is 0 Å². The number of carbonyl (C=O) groups excluding carboxylic acids is 2. The zero-order valence-corrected chi connectivity index (χ0v) is 21.4. The highest BCUT2D eigenvalue weighted by Crippen LogP contribution is 2.48. The van der Waals surface area contributed by atoms with Crippen LogP contribution in [0.1, 0.15) is 17.3 Å². The Morgan fingerprint density at radius 2 is 1.42 bits per heavy atom. The summed E-state index contributed by atoms with van der Waals surface area (Å²) in [6.07, 6.45) is 0. The molecule has 7 heteroatoms. The highest BCUT2D eigenvalue weighted by Gasteiger charge is 2.31. The number of anilines is 3. The number of thioether (sulfide) groups is 1. The molecule has 0 radical (unpaired) electrons. The molecule has 180 valence electrons. The summed E-state index contributed by atoms with van der Waals surface area (Å²) in [6, 6.07) is 30.5. The number of fused-ring (bicyclic) bond motifs is 2. The Balaban J connectivity index is 1.28. The second-order valence-corrected chi connectivity index (χ2v) is 10.7. The number of nitrogens with zero attached hydrogens (tertiary/aromatic N) is 1. The Hall–Kier alpha value is -3.68. The molecule has 5 rings (SSSR count). The van der Waals surface area contributed by atoms with Crippen LogP contribution < -0.4 is 15.0 Å². The van der Waals surface area contributed by atoms with Crippen LogP contribution in [-0.2, 0) is 4.79 Å². The van der Waals surface area contributed by atoms with E-state index in [1.807, 2.05) is 84.6 Å². The first kappa shape index (κ1) is 24.0. The summed E-state index contributed by atoms with van der Waals surface area (Å²) in [6.45, 7) is 1.93. The minimum absolute atomic E-state index is 0.0251. The van der Waals surface area contributed by atoms with E-state index in [4.69, 9.17) is 4.74 Å². The normalized spacial score (nSPS) is 12.8. The van der Waals surface area contributed by atoms with Crippen molar-refractivity contribution in [1.29, 1.82) is 0 Å². The average Bonchev–Trinajstić information content (AvgIpc) is 2.92. The number of para-hydroxylation sites is 2. The topological polar surface area (TPSA) is 58.6 Å². The van der Waals surface area contributed by atoms with E-state index in [1.54, 1.807) is 43.1 Å². The molecule has 0 fully saturated rings. The van der Waals surface area contributed by atoms with E-state index in [0.29, 0.717) is 17.0 Å². The Labute approximate surface area is 218 Å². The van der Waals surface area contributed by atoms with Gasteiger partial charge >= 0.3 is 0 Å². The van der Waals surface area contributed by atoms with Crippen LogP contribution >= 0.6 is 23.5 Å². The van der Waals surface area contributed by atoms with E-state index in [-0.39, 0.29) is 17.1 Å². The number of carbonyl (C=O) groups is 2. The van der Waals surface area contributed by atoms with Crippen LogP contribution in [0.2, 0.25) is 0 Å². The third kappa shape index (κ3) is 4.98. The molecular weight excluding hydrogens is 488 g/mol. The molecular formula is C29H24N2O3S2. The second kappa shape index (κ2) is 10.5. The third-order valence-corrected chi connectivity index (χ3v) is 8.01. The summed E-state index contributed by atoms with van der Waals surface area (Å²) in [4.78, 5) is 31.1. The van der Waals surface area contributed by atoms with Crippen LogP contribution in [0.5, 0.6) is 5.75 Å². The lowest BCUT2D eigenvalue weighted by Gasteiger charge is -2.32. The van der Waals surface area contributed by atoms with Gasteiger partial charge in [-0.25, -0.2) is 0 Å². The quantitative estimate of drug-likeness (QED) is 0.276. The first-order valence-corrected chi connectivity index (χ1v) is 13.1. The van der Waals surface area contributed by atoms with Crippen LogP contribution in [-0.4, -0.2) is 24.2 Å². The van der Waals surface area contributed by atoms with Crippen LogP contribution in [0.4, 0.5) is 17.1 Å². The summed E-state index contributed by atoms with van der Waals surface area (Å²) in [7, 11) is 1.59. The molecule has 1 N–H and O–H groups in total. The molecule has 5 nitrogen and oxygen atoms in total. The lowest BCUT2D eigenvalue weighted by Crippen LogP contribution is -2.34. The molecule has 4 aromatic rings. The molecule has 1 aliphatic rings. The fourth-order valence-electron chi connectivity index (χ4n) is 3.94. The molecule has 1 atom stereocenters. The number of ether oxygens (including phenoxy) is 1. The van der Waals surface area contributed by atoms with Gasteiger partial charge in [0.15, 0.2) is 0 Å². The maximum atomic E-state index is 13.7. The number of rotatable bonds is 6. The van der Waals surface area contributed by atoms with Gasteiger partial charge in [-0.2, -0.15) is 0 Å². The van der Waals surface area contributed by atoms with E-state index in [0.717, 1.165) is 26.1 Å². The van der Waals surface area contributed by atoms with Crippen molar-refractivity contribution >= 4 is 52.4 Å².